The molecule has 1 aliphatic carbocycles. The van der Waals surface area contributed by atoms with Gasteiger partial charge >= 0.3 is 6.18 Å². The zero-order valence-electron chi connectivity index (χ0n) is 17.8. The van der Waals surface area contributed by atoms with Crippen molar-refractivity contribution in [3.8, 4) is 11.4 Å². The number of hydrogen-bond donors (Lipinski definition) is 0. The first-order chi connectivity index (χ1) is 14.9. The Hall–Kier alpha value is -2.68. The van der Waals surface area contributed by atoms with Gasteiger partial charge in [0.05, 0.1) is 6.20 Å². The van der Waals surface area contributed by atoms with Crippen LogP contribution in [0.3, 0.4) is 0 Å². The molecule has 1 aromatic carbocycles. The third-order valence-corrected chi connectivity index (χ3v) is 4.65. The molecule has 10 heteroatoms. The summed E-state index contributed by atoms with van der Waals surface area (Å²) >= 11 is 5.69. The van der Waals surface area contributed by atoms with Crippen molar-refractivity contribution in [1.29, 1.82) is 0 Å². The lowest BCUT2D eigenvalue weighted by Crippen LogP contribution is -2.19. The molecule has 1 saturated carbocycles. The molecule has 29 heavy (non-hydrogen) atoms. The number of halogens is 5. The lowest BCUT2D eigenvalue weighted by Gasteiger charge is -2.18. The predicted molar refractivity (Wildman–Crippen MR) is 100 cm³/mol. The Morgan fingerprint density at radius 1 is 1.24 bits per heavy atom. The molecule has 0 bridgehead atoms. The highest BCUT2D eigenvalue weighted by atomic mass is 35.5. The van der Waals surface area contributed by atoms with Gasteiger partial charge < -0.3 is 9.47 Å². The molecular formula is C19H16ClF4N5. The van der Waals surface area contributed by atoms with Crippen molar-refractivity contribution in [2.45, 2.75) is 31.6 Å². The Balaban J connectivity index is 1.64. The fraction of sp³-hybridized carbons (Fsp3) is 0.316. The lowest BCUT2D eigenvalue weighted by atomic mass is 10.1. The average molecular weight is 429 g/mol. The summed E-state index contributed by atoms with van der Waals surface area (Å²) < 4.78 is 78.3. The van der Waals surface area contributed by atoms with Crippen molar-refractivity contribution in [2.75, 3.05) is 11.9 Å². The van der Waals surface area contributed by atoms with Gasteiger partial charge in [-0.25, -0.2) is 14.4 Å². The van der Waals surface area contributed by atoms with E-state index in [1.807, 2.05) is 0 Å². The fourth-order valence-electron chi connectivity index (χ4n) is 2.92. The molecule has 0 atom stereocenters. The van der Waals surface area contributed by atoms with E-state index >= 15 is 0 Å². The normalized spacial score (nSPS) is 16.2. The molecule has 1 fully saturated rings. The first kappa shape index (κ1) is 16.2. The molecule has 0 unspecified atom stereocenters. The Morgan fingerprint density at radius 2 is 1.97 bits per heavy atom. The number of benzene rings is 1. The molecule has 0 N–H and O–H groups in total. The summed E-state index contributed by atoms with van der Waals surface area (Å²) in [4.78, 5) is 11.7. The third-order valence-electron chi connectivity index (χ3n) is 4.47. The van der Waals surface area contributed by atoms with Crippen LogP contribution < -0.4 is 4.90 Å². The standard InChI is InChI=1S/C19H16ClF4N5/c1-28(17-14(21)8-25-18(20)27-17)9-11-2-4-12(5-3-11)16-26-15(19(22,23)24)10-29(16)13-6-7-13/h2-5,8,10,13H,6-7,9H2,1H3/i1D3. The van der Waals surface area contributed by atoms with Crippen LogP contribution in [0.1, 0.15) is 34.3 Å². The molecule has 3 aromatic rings. The monoisotopic (exact) mass is 428 g/mol. The number of imidazole rings is 1. The minimum Gasteiger partial charge on any atom is -0.353 e. The fourth-order valence-corrected chi connectivity index (χ4v) is 3.05. The lowest BCUT2D eigenvalue weighted by molar-refractivity contribution is -0.140. The van der Waals surface area contributed by atoms with Crippen molar-refractivity contribution in [1.82, 2.24) is 19.5 Å². The van der Waals surface area contributed by atoms with Gasteiger partial charge in [0.1, 0.15) is 5.82 Å². The highest BCUT2D eigenvalue weighted by Crippen LogP contribution is 2.40. The second-order valence-electron chi connectivity index (χ2n) is 6.68. The minimum absolute atomic E-state index is 0.0233. The third kappa shape index (κ3) is 4.19. The van der Waals surface area contributed by atoms with Gasteiger partial charge in [0, 0.05) is 35.4 Å². The van der Waals surface area contributed by atoms with Crippen molar-refractivity contribution in [3.63, 3.8) is 0 Å². The molecule has 0 radical (unpaired) electrons. The van der Waals surface area contributed by atoms with E-state index in [2.05, 4.69) is 15.0 Å². The molecule has 152 valence electrons. The SMILES string of the molecule is [2H]C([2H])([2H])N(Cc1ccc(-c2nc(C(F)(F)F)cn2C2CC2)cc1)c1nc(Cl)ncc1F. The summed E-state index contributed by atoms with van der Waals surface area (Å²) in [6.07, 6.45) is -1.21. The van der Waals surface area contributed by atoms with Crippen LogP contribution in [0.5, 0.6) is 0 Å². The number of alkyl halides is 3. The van der Waals surface area contributed by atoms with E-state index in [0.29, 0.717) is 11.1 Å². The Kier molecular flexibility index (Phi) is 4.06. The zero-order chi connectivity index (χ0) is 23.3. The van der Waals surface area contributed by atoms with Gasteiger partial charge in [-0.15, -0.1) is 0 Å². The number of aromatic nitrogens is 4. The predicted octanol–water partition coefficient (Wildman–Crippen LogP) is 5.12. The number of hydrogen-bond acceptors (Lipinski definition) is 4. The molecule has 0 amide bonds. The van der Waals surface area contributed by atoms with Crippen LogP contribution in [-0.4, -0.2) is 26.5 Å². The van der Waals surface area contributed by atoms with Crippen molar-refractivity contribution < 1.29 is 21.7 Å². The number of nitrogens with zero attached hydrogens (tertiary/aromatic N) is 5. The highest BCUT2D eigenvalue weighted by molar-refractivity contribution is 6.28. The summed E-state index contributed by atoms with van der Waals surface area (Å²) in [5, 5.41) is -0.307. The van der Waals surface area contributed by atoms with Crippen LogP contribution in [-0.2, 0) is 12.7 Å². The van der Waals surface area contributed by atoms with Gasteiger partial charge in [0.15, 0.2) is 17.3 Å². The quantitative estimate of drug-likeness (QED) is 0.418. The molecule has 5 nitrogen and oxygen atoms in total. The van der Waals surface area contributed by atoms with Crippen LogP contribution >= 0.6 is 11.6 Å². The summed E-state index contributed by atoms with van der Waals surface area (Å²) in [6.45, 7) is -2.98. The first-order valence-electron chi connectivity index (χ1n) is 10.1. The minimum atomic E-state index is -4.56. The van der Waals surface area contributed by atoms with Crippen LogP contribution in [0.15, 0.2) is 36.7 Å². The second kappa shape index (κ2) is 7.29. The maximum atomic E-state index is 14.2. The second-order valence-corrected chi connectivity index (χ2v) is 7.02. The topological polar surface area (TPSA) is 46.8 Å². The van der Waals surface area contributed by atoms with E-state index in [4.69, 9.17) is 15.7 Å². The van der Waals surface area contributed by atoms with E-state index in [1.54, 1.807) is 24.3 Å². The molecule has 2 heterocycles. The molecular weight excluding hydrogens is 410 g/mol. The summed E-state index contributed by atoms with van der Waals surface area (Å²) in [5.41, 5.74) is -0.0411. The average Bonchev–Trinajstić information content (AvgIpc) is 3.44. The smallest absolute Gasteiger partial charge is 0.353 e. The Bertz CT molecular complexity index is 1130. The van der Waals surface area contributed by atoms with Crippen LogP contribution in [0, 0.1) is 5.82 Å². The molecule has 2 aromatic heterocycles. The summed E-state index contributed by atoms with van der Waals surface area (Å²) in [7, 11) is 0. The van der Waals surface area contributed by atoms with Gasteiger partial charge in [-0.1, -0.05) is 24.3 Å². The van der Waals surface area contributed by atoms with E-state index in [-0.39, 0.29) is 23.7 Å². The van der Waals surface area contributed by atoms with Crippen molar-refractivity contribution in [2.24, 2.45) is 0 Å². The van der Waals surface area contributed by atoms with Gasteiger partial charge in [-0.05, 0) is 30.0 Å². The van der Waals surface area contributed by atoms with Gasteiger partial charge in [-0.2, -0.15) is 18.2 Å². The molecule has 0 aliphatic heterocycles. The number of anilines is 1. The maximum absolute atomic E-state index is 14.2. The largest absolute Gasteiger partial charge is 0.434 e. The van der Waals surface area contributed by atoms with E-state index in [1.165, 1.54) is 4.57 Å². The van der Waals surface area contributed by atoms with Crippen molar-refractivity contribution >= 4 is 17.4 Å². The number of rotatable bonds is 5. The zero-order valence-corrected chi connectivity index (χ0v) is 15.5. The maximum Gasteiger partial charge on any atom is 0.434 e. The van der Waals surface area contributed by atoms with Gasteiger partial charge in [-0.3, -0.25) is 0 Å². The van der Waals surface area contributed by atoms with Crippen LogP contribution in [0.4, 0.5) is 23.4 Å². The Morgan fingerprint density at radius 3 is 2.59 bits per heavy atom. The molecule has 0 spiro atoms. The van der Waals surface area contributed by atoms with Crippen LogP contribution in [0.2, 0.25) is 5.28 Å². The summed E-state index contributed by atoms with van der Waals surface area (Å²) in [6, 6.07) is 6.18. The Labute approximate surface area is 173 Å². The van der Waals surface area contributed by atoms with E-state index < -0.39 is 30.5 Å². The summed E-state index contributed by atoms with van der Waals surface area (Å²) in [5.74, 6) is -1.24. The molecule has 4 rings (SSSR count). The van der Waals surface area contributed by atoms with Gasteiger partial charge in [0.25, 0.3) is 0 Å². The van der Waals surface area contributed by atoms with E-state index in [0.717, 1.165) is 30.1 Å². The molecule has 0 saturated heterocycles. The molecule has 1 aliphatic rings. The van der Waals surface area contributed by atoms with Crippen LogP contribution in [0.25, 0.3) is 11.4 Å². The van der Waals surface area contributed by atoms with E-state index in [9.17, 15) is 17.6 Å². The van der Waals surface area contributed by atoms with Gasteiger partial charge in [0.2, 0.25) is 5.28 Å². The first-order valence-corrected chi connectivity index (χ1v) is 9.02. The van der Waals surface area contributed by atoms with Crippen molar-refractivity contribution in [3.05, 3.63) is 59.0 Å². The highest BCUT2D eigenvalue weighted by Gasteiger charge is 2.37.